The van der Waals surface area contributed by atoms with E-state index in [-0.39, 0.29) is 24.6 Å². The molecule has 1 aromatic rings. The standard InChI is InChI=1S/C20H27NO3/c1-5-6-13-24-18(22)12-9-16(14-21)19(23)20(3,4)17-10-7-15(2)8-11-17/h7-8,10-11,16H,5-6,9,12-13H2,1-4H3. The number of carbonyl (C=O) groups is 2. The zero-order valence-corrected chi connectivity index (χ0v) is 15.1. The van der Waals surface area contributed by atoms with Gasteiger partial charge in [-0.3, -0.25) is 9.59 Å². The molecule has 0 bridgehead atoms. The van der Waals surface area contributed by atoms with Crippen LogP contribution in [0, 0.1) is 24.2 Å². The summed E-state index contributed by atoms with van der Waals surface area (Å²) in [5.41, 5.74) is 1.23. The Balaban J connectivity index is 2.70. The van der Waals surface area contributed by atoms with Gasteiger partial charge in [-0.2, -0.15) is 5.26 Å². The number of esters is 1. The Bertz CT molecular complexity index is 596. The number of nitriles is 1. The molecular weight excluding hydrogens is 302 g/mol. The molecule has 1 aromatic carbocycles. The van der Waals surface area contributed by atoms with Gasteiger partial charge in [0.25, 0.3) is 0 Å². The van der Waals surface area contributed by atoms with Gasteiger partial charge in [0.1, 0.15) is 5.92 Å². The van der Waals surface area contributed by atoms with Crippen molar-refractivity contribution in [2.24, 2.45) is 5.92 Å². The van der Waals surface area contributed by atoms with Gasteiger partial charge in [-0.1, -0.05) is 43.2 Å². The van der Waals surface area contributed by atoms with Crippen molar-refractivity contribution >= 4 is 11.8 Å². The summed E-state index contributed by atoms with van der Waals surface area (Å²) in [6.07, 6.45) is 2.08. The first-order valence-corrected chi connectivity index (χ1v) is 8.49. The van der Waals surface area contributed by atoms with Crippen molar-refractivity contribution < 1.29 is 14.3 Å². The molecule has 0 aromatic heterocycles. The van der Waals surface area contributed by atoms with Crippen LogP contribution >= 0.6 is 0 Å². The Hall–Kier alpha value is -2.15. The fourth-order valence-electron chi connectivity index (χ4n) is 2.47. The molecule has 1 unspecified atom stereocenters. The first kappa shape index (κ1) is 19.9. The molecule has 1 atom stereocenters. The Morgan fingerprint density at radius 1 is 1.25 bits per heavy atom. The topological polar surface area (TPSA) is 67.2 Å². The molecule has 130 valence electrons. The van der Waals surface area contributed by atoms with Crippen LogP contribution < -0.4 is 0 Å². The predicted molar refractivity (Wildman–Crippen MR) is 93.4 cm³/mol. The molecule has 0 heterocycles. The minimum Gasteiger partial charge on any atom is -0.466 e. The van der Waals surface area contributed by atoms with Crippen LogP contribution in [-0.4, -0.2) is 18.4 Å². The summed E-state index contributed by atoms with van der Waals surface area (Å²) in [5.74, 6) is -1.31. The fourth-order valence-corrected chi connectivity index (χ4v) is 2.47. The van der Waals surface area contributed by atoms with E-state index in [0.717, 1.165) is 24.0 Å². The molecule has 4 nitrogen and oxygen atoms in total. The van der Waals surface area contributed by atoms with Gasteiger partial charge < -0.3 is 4.74 Å². The van der Waals surface area contributed by atoms with E-state index in [0.29, 0.717) is 6.61 Å². The van der Waals surface area contributed by atoms with Gasteiger partial charge in [0, 0.05) is 11.8 Å². The maximum Gasteiger partial charge on any atom is 0.305 e. The highest BCUT2D eigenvalue weighted by molar-refractivity contribution is 5.93. The SMILES string of the molecule is CCCCOC(=O)CCC(C#N)C(=O)C(C)(C)c1ccc(C)cc1. The van der Waals surface area contributed by atoms with E-state index >= 15 is 0 Å². The highest BCUT2D eigenvalue weighted by atomic mass is 16.5. The van der Waals surface area contributed by atoms with Crippen molar-refractivity contribution in [3.05, 3.63) is 35.4 Å². The smallest absolute Gasteiger partial charge is 0.305 e. The van der Waals surface area contributed by atoms with E-state index in [9.17, 15) is 14.9 Å². The molecular formula is C20H27NO3. The third-order valence-electron chi connectivity index (χ3n) is 4.26. The average Bonchev–Trinajstić information content (AvgIpc) is 2.55. The number of ketones is 1. The molecule has 1 rings (SSSR count). The molecule has 24 heavy (non-hydrogen) atoms. The Morgan fingerprint density at radius 3 is 2.42 bits per heavy atom. The van der Waals surface area contributed by atoms with Crippen LogP contribution in [0.1, 0.15) is 57.6 Å². The van der Waals surface area contributed by atoms with Gasteiger partial charge in [-0.15, -0.1) is 0 Å². The Morgan fingerprint density at radius 2 is 1.88 bits per heavy atom. The number of nitrogens with zero attached hydrogens (tertiary/aromatic N) is 1. The number of unbranched alkanes of at least 4 members (excludes halogenated alkanes) is 1. The van der Waals surface area contributed by atoms with Crippen LogP contribution in [0.25, 0.3) is 0 Å². The zero-order chi connectivity index (χ0) is 18.2. The van der Waals surface area contributed by atoms with E-state index in [1.54, 1.807) is 0 Å². The molecule has 0 fully saturated rings. The third-order valence-corrected chi connectivity index (χ3v) is 4.26. The molecule has 0 N–H and O–H groups in total. The lowest BCUT2D eigenvalue weighted by molar-refractivity contribution is -0.144. The number of aryl methyl sites for hydroxylation is 1. The molecule has 0 spiro atoms. The number of Topliss-reactive ketones (excluding diaryl/α,β-unsaturated/α-hetero) is 1. The minimum atomic E-state index is -0.806. The summed E-state index contributed by atoms with van der Waals surface area (Å²) in [6.45, 7) is 8.05. The number of ether oxygens (including phenoxy) is 1. The van der Waals surface area contributed by atoms with Gasteiger partial charge in [0.15, 0.2) is 5.78 Å². The van der Waals surface area contributed by atoms with Crippen LogP contribution in [0.4, 0.5) is 0 Å². The van der Waals surface area contributed by atoms with Gasteiger partial charge in [-0.05, 0) is 39.2 Å². The van der Waals surface area contributed by atoms with E-state index in [1.807, 2.05) is 52.0 Å². The van der Waals surface area contributed by atoms with Crippen molar-refractivity contribution in [3.63, 3.8) is 0 Å². The first-order chi connectivity index (χ1) is 11.3. The van der Waals surface area contributed by atoms with Crippen LogP contribution in [-0.2, 0) is 19.7 Å². The highest BCUT2D eigenvalue weighted by Gasteiger charge is 2.35. The van der Waals surface area contributed by atoms with Gasteiger partial charge in [0.05, 0.1) is 12.7 Å². The quantitative estimate of drug-likeness (QED) is 0.505. The molecule has 0 saturated carbocycles. The number of benzene rings is 1. The van der Waals surface area contributed by atoms with Crippen molar-refractivity contribution in [3.8, 4) is 6.07 Å². The van der Waals surface area contributed by atoms with Crippen molar-refractivity contribution in [1.82, 2.24) is 0 Å². The van der Waals surface area contributed by atoms with Gasteiger partial charge in [-0.25, -0.2) is 0 Å². The number of hydrogen-bond donors (Lipinski definition) is 0. The fraction of sp³-hybridized carbons (Fsp3) is 0.550. The number of rotatable bonds is 9. The van der Waals surface area contributed by atoms with E-state index in [4.69, 9.17) is 4.74 Å². The first-order valence-electron chi connectivity index (χ1n) is 8.49. The largest absolute Gasteiger partial charge is 0.466 e. The second-order valence-corrected chi connectivity index (χ2v) is 6.65. The molecule has 0 aliphatic carbocycles. The predicted octanol–water partition coefficient (Wildman–Crippen LogP) is 4.11. The number of hydrogen-bond acceptors (Lipinski definition) is 4. The monoisotopic (exact) mass is 329 g/mol. The Labute approximate surface area is 144 Å². The van der Waals surface area contributed by atoms with Crippen molar-refractivity contribution in [2.75, 3.05) is 6.61 Å². The highest BCUT2D eigenvalue weighted by Crippen LogP contribution is 2.29. The van der Waals surface area contributed by atoms with Crippen molar-refractivity contribution in [2.45, 2.75) is 58.8 Å². The average molecular weight is 329 g/mol. The van der Waals surface area contributed by atoms with Crippen LogP contribution in [0.3, 0.4) is 0 Å². The second kappa shape index (κ2) is 9.22. The lowest BCUT2D eigenvalue weighted by atomic mass is 9.75. The van der Waals surface area contributed by atoms with Crippen LogP contribution in [0.2, 0.25) is 0 Å². The minimum absolute atomic E-state index is 0.0949. The normalized spacial score (nSPS) is 12.3. The molecule has 0 saturated heterocycles. The third kappa shape index (κ3) is 5.49. The summed E-state index contributed by atoms with van der Waals surface area (Å²) in [5, 5.41) is 9.35. The maximum atomic E-state index is 12.8. The van der Waals surface area contributed by atoms with Crippen molar-refractivity contribution in [1.29, 1.82) is 5.26 Å². The van der Waals surface area contributed by atoms with E-state index < -0.39 is 11.3 Å². The maximum absolute atomic E-state index is 12.8. The van der Waals surface area contributed by atoms with Crippen LogP contribution in [0.5, 0.6) is 0 Å². The lowest BCUT2D eigenvalue weighted by Gasteiger charge is -2.26. The second-order valence-electron chi connectivity index (χ2n) is 6.65. The Kier molecular flexibility index (Phi) is 7.64. The summed E-state index contributed by atoms with van der Waals surface area (Å²) >= 11 is 0. The van der Waals surface area contributed by atoms with E-state index in [2.05, 4.69) is 6.07 Å². The molecule has 0 aliphatic rings. The zero-order valence-electron chi connectivity index (χ0n) is 15.1. The lowest BCUT2D eigenvalue weighted by Crippen LogP contribution is -2.34. The number of carbonyl (C=O) groups excluding carboxylic acids is 2. The summed E-state index contributed by atoms with van der Waals surface area (Å²) in [7, 11) is 0. The summed E-state index contributed by atoms with van der Waals surface area (Å²) in [4.78, 5) is 24.5. The molecule has 0 aliphatic heterocycles. The molecule has 0 amide bonds. The summed E-state index contributed by atoms with van der Waals surface area (Å²) < 4.78 is 5.08. The van der Waals surface area contributed by atoms with Gasteiger partial charge >= 0.3 is 5.97 Å². The van der Waals surface area contributed by atoms with E-state index in [1.165, 1.54) is 0 Å². The molecule has 4 heteroatoms. The van der Waals surface area contributed by atoms with Crippen LogP contribution in [0.15, 0.2) is 24.3 Å². The van der Waals surface area contributed by atoms with Gasteiger partial charge in [0.2, 0.25) is 0 Å². The molecule has 0 radical (unpaired) electrons. The summed E-state index contributed by atoms with van der Waals surface area (Å²) in [6, 6.07) is 9.80.